The fourth-order valence-corrected chi connectivity index (χ4v) is 0.224. The molecule has 0 saturated heterocycles. The minimum absolute atomic E-state index is 0.0694. The van der Waals surface area contributed by atoms with E-state index in [0.717, 1.165) is 0 Å². The Morgan fingerprint density at radius 2 is 1.80 bits per heavy atom. The van der Waals surface area contributed by atoms with Crippen LogP contribution in [0.1, 0.15) is 0 Å². The number of hydrogen-bond donors (Lipinski definition) is 1. The molecule has 1 N–H and O–H groups in total. The van der Waals surface area contributed by atoms with Gasteiger partial charge in [0.25, 0.3) is 0 Å². The molecule has 0 radical (unpaired) electrons. The standard InChI is InChI=1S/C4H10N2O.Cl2S/c1-5-4(7)6(2)3;1-3-2/h1-3H3,(H,5,7);. The van der Waals surface area contributed by atoms with Crippen molar-refractivity contribution in [1.29, 1.82) is 0 Å². The smallest absolute Gasteiger partial charge is 0.316 e. The monoisotopic (exact) mass is 204 g/mol. The number of halogens is 2. The lowest BCUT2D eigenvalue weighted by atomic mass is 10.8. The van der Waals surface area contributed by atoms with Crippen molar-refractivity contribution < 1.29 is 4.79 Å². The molecule has 0 aromatic carbocycles. The summed E-state index contributed by atoms with van der Waals surface area (Å²) in [5.74, 6) is 0. The van der Waals surface area contributed by atoms with E-state index in [9.17, 15) is 4.79 Å². The van der Waals surface area contributed by atoms with Gasteiger partial charge in [-0.25, -0.2) is 4.79 Å². The lowest BCUT2D eigenvalue weighted by Gasteiger charge is -2.06. The Kier molecular flexibility index (Phi) is 11.8. The summed E-state index contributed by atoms with van der Waals surface area (Å²) in [7, 11) is 15.0. The van der Waals surface area contributed by atoms with Crippen LogP contribution in [-0.2, 0) is 0 Å². The van der Waals surface area contributed by atoms with Gasteiger partial charge in [-0.15, -0.1) is 0 Å². The second-order valence-corrected chi connectivity index (χ2v) is 3.02. The van der Waals surface area contributed by atoms with Crippen LogP contribution >= 0.6 is 31.6 Å². The minimum atomic E-state index is -0.0694. The Bertz CT molecular complexity index is 91.3. The molecule has 0 fully saturated rings. The summed E-state index contributed by atoms with van der Waals surface area (Å²) in [6.07, 6.45) is 0. The van der Waals surface area contributed by atoms with Crippen LogP contribution in [0.3, 0.4) is 0 Å². The van der Waals surface area contributed by atoms with E-state index in [4.69, 9.17) is 0 Å². The number of hydrogen-bond acceptors (Lipinski definition) is 2. The van der Waals surface area contributed by atoms with E-state index in [1.54, 1.807) is 21.1 Å². The molecule has 0 aliphatic carbocycles. The summed E-state index contributed by atoms with van der Waals surface area (Å²) in [6.45, 7) is 0. The van der Waals surface area contributed by atoms with Crippen LogP contribution in [0, 0.1) is 0 Å². The molecular weight excluding hydrogens is 195 g/mol. The van der Waals surface area contributed by atoms with Gasteiger partial charge in [-0.3, -0.25) is 0 Å². The van der Waals surface area contributed by atoms with Crippen molar-refractivity contribution in [3.05, 3.63) is 0 Å². The van der Waals surface area contributed by atoms with Gasteiger partial charge in [0.1, 0.15) is 0 Å². The summed E-state index contributed by atoms with van der Waals surface area (Å²) in [5, 5.41) is 2.45. The molecule has 0 aliphatic rings. The summed E-state index contributed by atoms with van der Waals surface area (Å²) >= 11 is 0. The number of rotatable bonds is 0. The fraction of sp³-hybridized carbons (Fsp3) is 0.750. The first-order valence-electron chi connectivity index (χ1n) is 2.38. The Morgan fingerprint density at radius 1 is 1.50 bits per heavy atom. The molecule has 10 heavy (non-hydrogen) atoms. The molecule has 0 heterocycles. The molecule has 0 spiro atoms. The van der Waals surface area contributed by atoms with Gasteiger partial charge in [0.05, 0.1) is 10.2 Å². The van der Waals surface area contributed by atoms with Crippen molar-refractivity contribution in [1.82, 2.24) is 10.2 Å². The Labute approximate surface area is 74.0 Å². The number of amides is 2. The number of nitrogens with zero attached hydrogens (tertiary/aromatic N) is 1. The van der Waals surface area contributed by atoms with Gasteiger partial charge in [0, 0.05) is 21.1 Å². The van der Waals surface area contributed by atoms with E-state index >= 15 is 0 Å². The van der Waals surface area contributed by atoms with E-state index in [-0.39, 0.29) is 6.03 Å². The summed E-state index contributed by atoms with van der Waals surface area (Å²) in [6, 6.07) is -0.0694. The van der Waals surface area contributed by atoms with E-state index < -0.39 is 0 Å². The van der Waals surface area contributed by atoms with Gasteiger partial charge < -0.3 is 10.2 Å². The number of urea groups is 1. The van der Waals surface area contributed by atoms with Crippen LogP contribution < -0.4 is 5.32 Å². The van der Waals surface area contributed by atoms with E-state index in [1.807, 2.05) is 0 Å². The molecule has 0 unspecified atom stereocenters. The Hall–Kier alpha value is 0.200. The predicted molar refractivity (Wildman–Crippen MR) is 47.4 cm³/mol. The molecule has 0 rings (SSSR count). The SMILES string of the molecule is CNC(=O)N(C)C.ClSCl. The minimum Gasteiger partial charge on any atom is -0.341 e. The third-order valence-corrected chi connectivity index (χ3v) is 0.620. The summed E-state index contributed by atoms with van der Waals surface area (Å²) in [4.78, 5) is 11.8. The first-order chi connectivity index (χ1) is 4.59. The first kappa shape index (κ1) is 12.8. The number of carbonyl (C=O) groups is 1. The topological polar surface area (TPSA) is 32.3 Å². The molecule has 3 nitrogen and oxygen atoms in total. The van der Waals surface area contributed by atoms with Crippen molar-refractivity contribution >= 4 is 37.6 Å². The van der Waals surface area contributed by atoms with Crippen LogP contribution in [-0.4, -0.2) is 32.1 Å². The third-order valence-electron chi connectivity index (χ3n) is 0.620. The number of nitrogens with one attached hydrogen (secondary N) is 1. The van der Waals surface area contributed by atoms with Gasteiger partial charge in [-0.1, -0.05) is 0 Å². The van der Waals surface area contributed by atoms with Crippen molar-refractivity contribution in [3.8, 4) is 0 Å². The maximum absolute atomic E-state index is 10.3. The van der Waals surface area contributed by atoms with Crippen LogP contribution in [0.15, 0.2) is 0 Å². The highest BCUT2D eigenvalue weighted by Gasteiger charge is 1.94. The van der Waals surface area contributed by atoms with Crippen molar-refractivity contribution in [2.75, 3.05) is 21.1 Å². The molecule has 0 aromatic rings. The maximum Gasteiger partial charge on any atom is 0.316 e. The van der Waals surface area contributed by atoms with Crippen LogP contribution in [0.2, 0.25) is 0 Å². The lowest BCUT2D eigenvalue weighted by molar-refractivity contribution is 0.219. The molecule has 0 aliphatic heterocycles. The second kappa shape index (κ2) is 9.20. The Balaban J connectivity index is 0. The third kappa shape index (κ3) is 11.1. The fourth-order valence-electron chi connectivity index (χ4n) is 0.224. The van der Waals surface area contributed by atoms with Crippen molar-refractivity contribution in [3.63, 3.8) is 0 Å². The van der Waals surface area contributed by atoms with E-state index in [1.165, 1.54) is 4.90 Å². The molecule has 0 bridgehead atoms. The molecule has 0 atom stereocenters. The second-order valence-electron chi connectivity index (χ2n) is 1.51. The van der Waals surface area contributed by atoms with E-state index in [0.29, 0.717) is 10.2 Å². The zero-order valence-corrected chi connectivity index (χ0v) is 8.35. The summed E-state index contributed by atoms with van der Waals surface area (Å²) < 4.78 is 0. The predicted octanol–water partition coefficient (Wildman–Crippen LogP) is 1.91. The normalized spacial score (nSPS) is 7.30. The van der Waals surface area contributed by atoms with Gasteiger partial charge in [-0.2, -0.15) is 0 Å². The Morgan fingerprint density at radius 3 is 1.80 bits per heavy atom. The molecule has 0 saturated carbocycles. The van der Waals surface area contributed by atoms with Crippen LogP contribution in [0.5, 0.6) is 0 Å². The molecule has 2 amide bonds. The molecule has 6 heteroatoms. The van der Waals surface area contributed by atoms with Crippen LogP contribution in [0.4, 0.5) is 4.79 Å². The highest BCUT2D eigenvalue weighted by Crippen LogP contribution is 2.08. The number of carbonyl (C=O) groups excluding carboxylic acids is 1. The average molecular weight is 205 g/mol. The lowest BCUT2D eigenvalue weighted by Crippen LogP contribution is -2.31. The molecule has 0 aromatic heterocycles. The summed E-state index contributed by atoms with van der Waals surface area (Å²) in [5.41, 5.74) is 0. The first-order valence-corrected chi connectivity index (χ1v) is 4.85. The van der Waals surface area contributed by atoms with E-state index in [2.05, 4.69) is 26.7 Å². The van der Waals surface area contributed by atoms with Crippen molar-refractivity contribution in [2.24, 2.45) is 0 Å². The van der Waals surface area contributed by atoms with Gasteiger partial charge in [-0.05, 0) is 21.4 Å². The zero-order valence-electron chi connectivity index (χ0n) is 6.02. The molecular formula is C4H10Cl2N2OS. The van der Waals surface area contributed by atoms with Gasteiger partial charge in [0.15, 0.2) is 0 Å². The zero-order chi connectivity index (χ0) is 8.57. The highest BCUT2D eigenvalue weighted by atomic mass is 36.0. The average Bonchev–Trinajstić information content (AvgIpc) is 1.88. The maximum atomic E-state index is 10.3. The van der Waals surface area contributed by atoms with Gasteiger partial charge in [0.2, 0.25) is 0 Å². The van der Waals surface area contributed by atoms with Crippen LogP contribution in [0.25, 0.3) is 0 Å². The highest BCUT2D eigenvalue weighted by molar-refractivity contribution is 8.38. The molecule has 62 valence electrons. The van der Waals surface area contributed by atoms with Crippen molar-refractivity contribution in [2.45, 2.75) is 0 Å². The van der Waals surface area contributed by atoms with Gasteiger partial charge >= 0.3 is 6.03 Å². The largest absolute Gasteiger partial charge is 0.341 e. The quantitative estimate of drug-likeness (QED) is 0.655.